The largest absolute Gasteiger partial charge is 0.488 e. The van der Waals surface area contributed by atoms with Crippen LogP contribution >= 0.6 is 0 Å². The number of ether oxygens (including phenoxy) is 2. The molecule has 0 radical (unpaired) electrons. The van der Waals surface area contributed by atoms with Gasteiger partial charge in [-0.25, -0.2) is 18.9 Å². The van der Waals surface area contributed by atoms with E-state index in [-0.39, 0.29) is 24.6 Å². The van der Waals surface area contributed by atoms with Crippen LogP contribution in [0.5, 0.6) is 11.6 Å². The summed E-state index contributed by atoms with van der Waals surface area (Å²) in [5.41, 5.74) is 1.39. The molecular formula is C20H21FN6O3. The number of nitrogens with zero attached hydrogens (tertiary/aromatic N) is 5. The number of fused-ring (bicyclic) bond motifs is 1. The van der Waals surface area contributed by atoms with Crippen LogP contribution in [-0.4, -0.2) is 50.8 Å². The van der Waals surface area contributed by atoms with Gasteiger partial charge in [-0.15, -0.1) is 0 Å². The Morgan fingerprint density at radius 2 is 2.17 bits per heavy atom. The van der Waals surface area contributed by atoms with Gasteiger partial charge in [0.25, 0.3) is 5.91 Å². The summed E-state index contributed by atoms with van der Waals surface area (Å²) in [5, 5.41) is 7.10. The number of pyridine rings is 1. The second-order valence-corrected chi connectivity index (χ2v) is 7.63. The third kappa shape index (κ3) is 3.17. The maximum atomic E-state index is 14.0. The van der Waals surface area contributed by atoms with Gasteiger partial charge in [0.1, 0.15) is 17.5 Å². The molecule has 30 heavy (non-hydrogen) atoms. The fourth-order valence-electron chi connectivity index (χ4n) is 3.72. The first kappa shape index (κ1) is 18.6. The lowest BCUT2D eigenvalue weighted by Crippen LogP contribution is -2.34. The Hall–Kier alpha value is -3.43. The number of rotatable bonds is 0. The molecule has 2 bridgehead atoms. The molecule has 0 spiro atoms. The molecule has 10 heteroatoms. The van der Waals surface area contributed by atoms with Crippen LogP contribution in [-0.2, 0) is 6.54 Å². The molecule has 3 aromatic rings. The zero-order chi connectivity index (χ0) is 20.8. The van der Waals surface area contributed by atoms with Crippen molar-refractivity contribution in [2.24, 2.45) is 0 Å². The Morgan fingerprint density at radius 3 is 3.03 bits per heavy atom. The van der Waals surface area contributed by atoms with E-state index in [4.69, 9.17) is 14.5 Å². The topological polar surface area (TPSA) is 93.9 Å². The SMILES string of the molecule is C[C@@H]1CCOc2cn3ncc4c3nc2N1Cc1cc(F)cnc1O[C@@H](C)CNC4=O. The van der Waals surface area contributed by atoms with Gasteiger partial charge in [0, 0.05) is 18.0 Å². The molecule has 3 aromatic heterocycles. The number of hydrogen-bond acceptors (Lipinski definition) is 7. The van der Waals surface area contributed by atoms with Gasteiger partial charge in [0.2, 0.25) is 5.88 Å². The molecule has 0 saturated carbocycles. The average Bonchev–Trinajstić information content (AvgIpc) is 3.07. The number of carbonyl (C=O) groups excluding carboxylic acids is 1. The van der Waals surface area contributed by atoms with Crippen LogP contribution in [0.1, 0.15) is 36.2 Å². The van der Waals surface area contributed by atoms with Crippen LogP contribution in [0.2, 0.25) is 0 Å². The standard InChI is InChI=1S/C20H21FN6O3/c1-11-3-4-29-16-10-27-17-15(8-24-27)19(28)22-6-12(2)30-20-13(5-14(21)7-23-20)9-26(11)18(16)25-17/h5,7-8,10-12H,3-4,6,9H2,1-2H3,(H,22,28)/t11-,12+/m1/s1. The molecule has 156 valence electrons. The van der Waals surface area contributed by atoms with Crippen LogP contribution in [0.15, 0.2) is 24.7 Å². The zero-order valence-corrected chi connectivity index (χ0v) is 16.6. The number of anilines is 1. The quantitative estimate of drug-likeness (QED) is 0.603. The summed E-state index contributed by atoms with van der Waals surface area (Å²) in [6.07, 6.45) is 4.73. The Kier molecular flexibility index (Phi) is 4.41. The minimum Gasteiger partial charge on any atom is -0.488 e. The summed E-state index contributed by atoms with van der Waals surface area (Å²) in [6.45, 7) is 4.97. The normalized spacial score (nSPS) is 21.4. The van der Waals surface area contributed by atoms with E-state index in [2.05, 4.69) is 22.3 Å². The first-order valence-electron chi connectivity index (χ1n) is 9.86. The Bertz CT molecular complexity index is 1130. The Balaban J connectivity index is 1.71. The van der Waals surface area contributed by atoms with Gasteiger partial charge in [-0.2, -0.15) is 5.10 Å². The van der Waals surface area contributed by atoms with Gasteiger partial charge < -0.3 is 19.7 Å². The minimum absolute atomic E-state index is 0.0556. The first-order chi connectivity index (χ1) is 14.5. The van der Waals surface area contributed by atoms with E-state index in [0.717, 1.165) is 12.6 Å². The van der Waals surface area contributed by atoms with Crippen LogP contribution in [0.3, 0.4) is 0 Å². The molecule has 9 nitrogen and oxygen atoms in total. The highest BCUT2D eigenvalue weighted by atomic mass is 19.1. The van der Waals surface area contributed by atoms with E-state index in [1.54, 1.807) is 6.20 Å². The van der Waals surface area contributed by atoms with E-state index in [0.29, 0.717) is 47.4 Å². The van der Waals surface area contributed by atoms with Crippen molar-refractivity contribution >= 4 is 17.4 Å². The fraction of sp³-hybridized carbons (Fsp3) is 0.400. The Labute approximate surface area is 171 Å². The first-order valence-corrected chi connectivity index (χ1v) is 9.86. The van der Waals surface area contributed by atoms with Crippen LogP contribution in [0.4, 0.5) is 10.2 Å². The van der Waals surface area contributed by atoms with Gasteiger partial charge in [0.05, 0.1) is 38.3 Å². The smallest absolute Gasteiger partial charge is 0.256 e. The lowest BCUT2D eigenvalue weighted by molar-refractivity contribution is 0.0932. The van der Waals surface area contributed by atoms with Crippen LogP contribution in [0, 0.1) is 5.82 Å². The lowest BCUT2D eigenvalue weighted by Gasteiger charge is -2.29. The van der Waals surface area contributed by atoms with E-state index >= 15 is 0 Å². The number of nitrogens with one attached hydrogen (secondary N) is 1. The van der Waals surface area contributed by atoms with Gasteiger partial charge >= 0.3 is 0 Å². The number of halogens is 1. The Morgan fingerprint density at radius 1 is 1.30 bits per heavy atom. The van der Waals surface area contributed by atoms with Gasteiger partial charge in [-0.1, -0.05) is 0 Å². The monoisotopic (exact) mass is 412 g/mol. The van der Waals surface area contributed by atoms with Crippen molar-refractivity contribution in [2.75, 3.05) is 18.1 Å². The molecular weight excluding hydrogens is 391 g/mol. The maximum Gasteiger partial charge on any atom is 0.256 e. The molecule has 0 aliphatic carbocycles. The van der Waals surface area contributed by atoms with Crippen molar-refractivity contribution in [1.29, 1.82) is 0 Å². The second kappa shape index (κ2) is 7.12. The zero-order valence-electron chi connectivity index (χ0n) is 16.6. The summed E-state index contributed by atoms with van der Waals surface area (Å²) < 4.78 is 27.4. The fourth-order valence-corrected chi connectivity index (χ4v) is 3.72. The second-order valence-electron chi connectivity index (χ2n) is 7.63. The summed E-state index contributed by atoms with van der Waals surface area (Å²) in [4.78, 5) is 23.7. The van der Waals surface area contributed by atoms with Crippen molar-refractivity contribution in [2.45, 2.75) is 39.0 Å². The van der Waals surface area contributed by atoms with E-state index < -0.39 is 5.82 Å². The van der Waals surface area contributed by atoms with Gasteiger partial charge in [-0.3, -0.25) is 4.79 Å². The highest BCUT2D eigenvalue weighted by molar-refractivity contribution is 5.99. The maximum absolute atomic E-state index is 14.0. The molecule has 1 amide bonds. The average molecular weight is 412 g/mol. The van der Waals surface area contributed by atoms with E-state index in [1.165, 1.54) is 16.8 Å². The third-order valence-electron chi connectivity index (χ3n) is 5.38. The predicted molar refractivity (Wildman–Crippen MR) is 105 cm³/mol. The summed E-state index contributed by atoms with van der Waals surface area (Å²) in [7, 11) is 0. The van der Waals surface area contributed by atoms with Crippen molar-refractivity contribution < 1.29 is 18.7 Å². The molecule has 0 saturated heterocycles. The molecule has 5 heterocycles. The molecule has 0 unspecified atom stereocenters. The van der Waals surface area contributed by atoms with Crippen molar-refractivity contribution in [3.8, 4) is 11.6 Å². The summed E-state index contributed by atoms with van der Waals surface area (Å²) in [6, 6.07) is 1.48. The number of amides is 1. The van der Waals surface area contributed by atoms with Gasteiger partial charge in [-0.05, 0) is 19.9 Å². The molecule has 2 atom stereocenters. The lowest BCUT2D eigenvalue weighted by atomic mass is 10.1. The minimum atomic E-state index is -0.442. The molecule has 2 aliphatic rings. The van der Waals surface area contributed by atoms with E-state index in [1.807, 2.05) is 11.8 Å². The molecule has 1 N–H and O–H groups in total. The predicted octanol–water partition coefficient (Wildman–Crippen LogP) is 1.95. The highest BCUT2D eigenvalue weighted by Crippen LogP contribution is 2.34. The molecule has 2 aliphatic heterocycles. The van der Waals surface area contributed by atoms with Crippen LogP contribution in [0.25, 0.3) is 5.65 Å². The molecule has 0 aromatic carbocycles. The summed E-state index contributed by atoms with van der Waals surface area (Å²) >= 11 is 0. The number of carbonyl (C=O) groups is 1. The number of hydrogen-bond donors (Lipinski definition) is 1. The van der Waals surface area contributed by atoms with Crippen molar-refractivity contribution in [3.63, 3.8) is 0 Å². The van der Waals surface area contributed by atoms with Gasteiger partial charge in [0.15, 0.2) is 17.2 Å². The molecule has 0 fully saturated rings. The van der Waals surface area contributed by atoms with Crippen molar-refractivity contribution in [1.82, 2.24) is 24.9 Å². The molecule has 5 rings (SSSR count). The third-order valence-corrected chi connectivity index (χ3v) is 5.38. The van der Waals surface area contributed by atoms with Crippen molar-refractivity contribution in [3.05, 3.63) is 41.6 Å². The van der Waals surface area contributed by atoms with E-state index in [9.17, 15) is 9.18 Å². The van der Waals surface area contributed by atoms with Crippen LogP contribution < -0.4 is 19.7 Å². The number of aromatic nitrogens is 4. The highest BCUT2D eigenvalue weighted by Gasteiger charge is 2.28. The summed E-state index contributed by atoms with van der Waals surface area (Å²) in [5.74, 6) is 0.721.